The fourth-order valence-corrected chi connectivity index (χ4v) is 2.57. The Labute approximate surface area is 154 Å². The summed E-state index contributed by atoms with van der Waals surface area (Å²) >= 11 is 3.60. The molecule has 1 heterocycles. The average Bonchev–Trinajstić information content (AvgIpc) is 2.96. The predicted octanol–water partition coefficient (Wildman–Crippen LogP) is 4.17. The van der Waals surface area contributed by atoms with E-state index >= 15 is 0 Å². The van der Waals surface area contributed by atoms with Gasteiger partial charge in [-0.15, -0.1) is 24.0 Å². The van der Waals surface area contributed by atoms with Crippen LogP contribution in [-0.4, -0.2) is 36.6 Å². The summed E-state index contributed by atoms with van der Waals surface area (Å²) in [5, 5.41) is 11.1. The van der Waals surface area contributed by atoms with Gasteiger partial charge in [-0.3, -0.25) is 4.99 Å². The molecule has 0 aromatic carbocycles. The first-order valence-electron chi connectivity index (χ1n) is 7.08. The lowest BCUT2D eigenvalue weighted by Gasteiger charge is -2.21. The second kappa shape index (κ2) is 10.7. The Bertz CT molecular complexity index is 405. The van der Waals surface area contributed by atoms with E-state index in [-0.39, 0.29) is 28.7 Å². The molecule has 0 aliphatic heterocycles. The molecule has 1 aromatic rings. The van der Waals surface area contributed by atoms with E-state index in [2.05, 4.69) is 66.4 Å². The van der Waals surface area contributed by atoms with E-state index in [9.17, 15) is 0 Å². The number of guanidine groups is 1. The first-order valence-corrected chi connectivity index (χ1v) is 9.24. The zero-order valence-electron chi connectivity index (χ0n) is 13.6. The van der Waals surface area contributed by atoms with Crippen LogP contribution in [0.2, 0.25) is 0 Å². The van der Waals surface area contributed by atoms with Crippen molar-refractivity contribution in [1.82, 2.24) is 10.6 Å². The van der Waals surface area contributed by atoms with Gasteiger partial charge in [0.1, 0.15) is 0 Å². The third-order valence-corrected chi connectivity index (χ3v) is 5.14. The van der Waals surface area contributed by atoms with Crippen LogP contribution in [0, 0.1) is 0 Å². The summed E-state index contributed by atoms with van der Waals surface area (Å²) in [7, 11) is 0. The summed E-state index contributed by atoms with van der Waals surface area (Å²) in [6, 6.07) is 2.19. The molecule has 1 atom stereocenters. The maximum absolute atomic E-state index is 4.69. The van der Waals surface area contributed by atoms with Crippen molar-refractivity contribution in [2.75, 3.05) is 25.9 Å². The van der Waals surface area contributed by atoms with E-state index in [1.165, 1.54) is 5.56 Å². The molecule has 0 spiro atoms. The Morgan fingerprint density at radius 2 is 2.14 bits per heavy atom. The smallest absolute Gasteiger partial charge is 0.191 e. The van der Waals surface area contributed by atoms with Gasteiger partial charge in [0, 0.05) is 17.8 Å². The molecule has 122 valence electrons. The lowest BCUT2D eigenvalue weighted by Crippen LogP contribution is -2.40. The highest BCUT2D eigenvalue weighted by molar-refractivity contribution is 14.0. The molecule has 0 amide bonds. The zero-order valence-corrected chi connectivity index (χ0v) is 17.6. The number of thiophene rings is 1. The molecule has 21 heavy (non-hydrogen) atoms. The minimum Gasteiger partial charge on any atom is -0.357 e. The Kier molecular flexibility index (Phi) is 10.7. The lowest BCUT2D eigenvalue weighted by molar-refractivity contribution is 0.684. The molecule has 0 saturated heterocycles. The van der Waals surface area contributed by atoms with Gasteiger partial charge in [0.25, 0.3) is 0 Å². The Morgan fingerprint density at radius 3 is 2.67 bits per heavy atom. The number of aliphatic imine (C=N–C) groups is 1. The number of thioether (sulfide) groups is 1. The fourth-order valence-electron chi connectivity index (χ4n) is 1.60. The molecule has 0 aliphatic rings. The topological polar surface area (TPSA) is 36.4 Å². The molecule has 0 aliphatic carbocycles. The Hall–Kier alpha value is 0.0500. The van der Waals surface area contributed by atoms with E-state index in [0.717, 1.165) is 25.6 Å². The summed E-state index contributed by atoms with van der Waals surface area (Å²) < 4.78 is 0.182. The minimum atomic E-state index is 0. The highest BCUT2D eigenvalue weighted by Gasteiger charge is 2.15. The maximum Gasteiger partial charge on any atom is 0.191 e. The first kappa shape index (κ1) is 21.0. The van der Waals surface area contributed by atoms with Gasteiger partial charge in [0.2, 0.25) is 0 Å². The molecule has 0 fully saturated rings. The van der Waals surface area contributed by atoms with Crippen molar-refractivity contribution < 1.29 is 0 Å². The van der Waals surface area contributed by atoms with Crippen LogP contribution >= 0.6 is 47.1 Å². The summed E-state index contributed by atoms with van der Waals surface area (Å²) in [6.45, 7) is 11.4. The number of hydrogen-bond acceptors (Lipinski definition) is 3. The number of hydrogen-bond donors (Lipinski definition) is 2. The van der Waals surface area contributed by atoms with E-state index in [4.69, 9.17) is 0 Å². The van der Waals surface area contributed by atoms with Crippen molar-refractivity contribution in [2.45, 2.75) is 38.4 Å². The van der Waals surface area contributed by atoms with Crippen molar-refractivity contribution in [3.8, 4) is 0 Å². The second-order valence-electron chi connectivity index (χ2n) is 5.50. The van der Waals surface area contributed by atoms with Crippen LogP contribution in [0.5, 0.6) is 0 Å². The molecule has 0 radical (unpaired) electrons. The standard InChI is InChI=1S/C15H27N3S2.HI/c1-6-16-14(18-11-15(3,4)19-5)17-9-12(2)13-7-8-20-10-13;/h7-8,10,12H,6,9,11H2,1-5H3,(H2,16,17,18);1H. The van der Waals surface area contributed by atoms with Crippen LogP contribution in [-0.2, 0) is 0 Å². The predicted molar refractivity (Wildman–Crippen MR) is 110 cm³/mol. The first-order chi connectivity index (χ1) is 9.48. The highest BCUT2D eigenvalue weighted by Crippen LogP contribution is 2.21. The number of nitrogens with zero attached hydrogens (tertiary/aromatic N) is 1. The van der Waals surface area contributed by atoms with Crippen LogP contribution < -0.4 is 10.6 Å². The second-order valence-corrected chi connectivity index (χ2v) is 7.79. The van der Waals surface area contributed by atoms with E-state index in [1.54, 1.807) is 11.3 Å². The molecule has 1 rings (SSSR count). The summed E-state index contributed by atoms with van der Waals surface area (Å²) in [6.07, 6.45) is 2.13. The summed E-state index contributed by atoms with van der Waals surface area (Å²) in [4.78, 5) is 4.69. The molecule has 0 saturated carbocycles. The van der Waals surface area contributed by atoms with E-state index in [0.29, 0.717) is 5.92 Å². The molecular formula is C15H28IN3S2. The van der Waals surface area contributed by atoms with Crippen LogP contribution in [0.25, 0.3) is 0 Å². The molecule has 6 heteroatoms. The van der Waals surface area contributed by atoms with Crippen LogP contribution in [0.4, 0.5) is 0 Å². The summed E-state index contributed by atoms with van der Waals surface area (Å²) in [5.41, 5.74) is 1.39. The van der Waals surface area contributed by atoms with Gasteiger partial charge in [-0.1, -0.05) is 6.92 Å². The van der Waals surface area contributed by atoms with Crippen molar-refractivity contribution in [2.24, 2.45) is 4.99 Å². The average molecular weight is 441 g/mol. The third-order valence-electron chi connectivity index (χ3n) is 3.20. The normalized spacial score (nSPS) is 13.5. The Morgan fingerprint density at radius 1 is 1.43 bits per heavy atom. The van der Waals surface area contributed by atoms with Crippen molar-refractivity contribution in [1.29, 1.82) is 0 Å². The van der Waals surface area contributed by atoms with E-state index < -0.39 is 0 Å². The Balaban J connectivity index is 0.00000400. The van der Waals surface area contributed by atoms with E-state index in [1.807, 2.05) is 11.8 Å². The lowest BCUT2D eigenvalue weighted by atomic mass is 10.1. The number of nitrogens with one attached hydrogen (secondary N) is 2. The maximum atomic E-state index is 4.69. The van der Waals surface area contributed by atoms with Gasteiger partial charge >= 0.3 is 0 Å². The number of halogens is 1. The zero-order chi connectivity index (χ0) is 15.0. The molecule has 1 aromatic heterocycles. The molecule has 3 nitrogen and oxygen atoms in total. The third kappa shape index (κ3) is 8.30. The van der Waals surface area contributed by atoms with Gasteiger partial charge in [0.15, 0.2) is 5.96 Å². The monoisotopic (exact) mass is 441 g/mol. The van der Waals surface area contributed by atoms with Gasteiger partial charge in [0.05, 0.1) is 6.54 Å². The quantitative estimate of drug-likeness (QED) is 0.379. The van der Waals surface area contributed by atoms with Gasteiger partial charge in [-0.25, -0.2) is 0 Å². The fraction of sp³-hybridized carbons (Fsp3) is 0.667. The van der Waals surface area contributed by atoms with Crippen LogP contribution in [0.15, 0.2) is 21.8 Å². The van der Waals surface area contributed by atoms with Gasteiger partial charge in [-0.2, -0.15) is 23.1 Å². The van der Waals surface area contributed by atoms with Crippen molar-refractivity contribution >= 4 is 53.0 Å². The highest BCUT2D eigenvalue weighted by atomic mass is 127. The SMILES string of the molecule is CCNC(=NCC(C)(C)SC)NCC(C)c1ccsc1.I. The summed E-state index contributed by atoms with van der Waals surface area (Å²) in [5.74, 6) is 1.41. The molecule has 0 bridgehead atoms. The number of rotatable bonds is 7. The van der Waals surface area contributed by atoms with Crippen LogP contribution in [0.1, 0.15) is 39.2 Å². The van der Waals surface area contributed by atoms with Gasteiger partial charge in [-0.05, 0) is 55.3 Å². The van der Waals surface area contributed by atoms with Crippen molar-refractivity contribution in [3.63, 3.8) is 0 Å². The molecule has 2 N–H and O–H groups in total. The molecule has 1 unspecified atom stereocenters. The molecular weight excluding hydrogens is 413 g/mol. The van der Waals surface area contributed by atoms with Crippen LogP contribution in [0.3, 0.4) is 0 Å². The largest absolute Gasteiger partial charge is 0.357 e. The minimum absolute atomic E-state index is 0. The van der Waals surface area contributed by atoms with Crippen molar-refractivity contribution in [3.05, 3.63) is 22.4 Å². The van der Waals surface area contributed by atoms with Gasteiger partial charge < -0.3 is 10.6 Å².